The number of rotatable bonds is 1. The van der Waals surface area contributed by atoms with Crippen LogP contribution in [0.1, 0.15) is 26.2 Å². The summed E-state index contributed by atoms with van der Waals surface area (Å²) in [5.74, 6) is -0.100. The van der Waals surface area contributed by atoms with Gasteiger partial charge in [-0.15, -0.1) is 0 Å². The Balaban J connectivity index is 2.51. The molecule has 0 amide bonds. The van der Waals surface area contributed by atoms with E-state index < -0.39 is 0 Å². The van der Waals surface area contributed by atoms with Crippen molar-refractivity contribution >= 4 is 11.8 Å². The molecule has 0 heterocycles. The lowest BCUT2D eigenvalue weighted by atomic mass is 9.82. The zero-order chi connectivity index (χ0) is 9.14. The molecule has 3 nitrogen and oxygen atoms in total. The summed E-state index contributed by atoms with van der Waals surface area (Å²) in [5, 5.41) is 0. The number of esters is 1. The lowest BCUT2D eigenvalue weighted by Crippen LogP contribution is -2.28. The van der Waals surface area contributed by atoms with Gasteiger partial charge in [-0.25, -0.2) is 0 Å². The van der Waals surface area contributed by atoms with Gasteiger partial charge < -0.3 is 4.74 Å². The van der Waals surface area contributed by atoms with Crippen LogP contribution in [0.3, 0.4) is 0 Å². The molecule has 0 radical (unpaired) electrons. The van der Waals surface area contributed by atoms with E-state index in [1.807, 2.05) is 6.92 Å². The molecule has 0 aromatic rings. The third-order valence-corrected chi connectivity index (χ3v) is 2.48. The molecule has 1 fully saturated rings. The Morgan fingerprint density at radius 3 is 2.67 bits per heavy atom. The molecule has 0 N–H and O–H groups in total. The normalized spacial score (nSPS) is 30.0. The third-order valence-electron chi connectivity index (χ3n) is 2.48. The standard InChI is InChI=1S/C9H14O3/c1-6-3-4-7(5-8(6)10)9(11)12-2/h6-7H,3-5H2,1-2H3/t6-,7+/m1/s1. The van der Waals surface area contributed by atoms with Gasteiger partial charge in [-0.1, -0.05) is 6.92 Å². The molecule has 0 spiro atoms. The van der Waals surface area contributed by atoms with Crippen LogP contribution in [0.15, 0.2) is 0 Å². The van der Waals surface area contributed by atoms with Crippen molar-refractivity contribution in [2.24, 2.45) is 11.8 Å². The summed E-state index contributed by atoms with van der Waals surface area (Å²) < 4.78 is 4.58. The van der Waals surface area contributed by atoms with E-state index in [1.165, 1.54) is 7.11 Å². The molecule has 1 rings (SSSR count). The Morgan fingerprint density at radius 2 is 2.17 bits per heavy atom. The summed E-state index contributed by atoms with van der Waals surface area (Å²) >= 11 is 0. The fourth-order valence-electron chi connectivity index (χ4n) is 1.53. The van der Waals surface area contributed by atoms with E-state index in [0.29, 0.717) is 6.42 Å². The summed E-state index contributed by atoms with van der Waals surface area (Å²) in [7, 11) is 1.37. The van der Waals surface area contributed by atoms with Gasteiger partial charge in [-0.2, -0.15) is 0 Å². The molecule has 0 aromatic carbocycles. The Morgan fingerprint density at radius 1 is 1.50 bits per heavy atom. The molecule has 0 aromatic heterocycles. The van der Waals surface area contributed by atoms with Crippen LogP contribution in [0.5, 0.6) is 0 Å². The Labute approximate surface area is 72.1 Å². The minimum absolute atomic E-state index is 0.130. The molecular weight excluding hydrogens is 156 g/mol. The lowest BCUT2D eigenvalue weighted by Gasteiger charge is -2.22. The smallest absolute Gasteiger partial charge is 0.309 e. The first kappa shape index (κ1) is 9.23. The summed E-state index contributed by atoms with van der Waals surface area (Å²) in [5.41, 5.74) is 0. The molecule has 12 heavy (non-hydrogen) atoms. The van der Waals surface area contributed by atoms with E-state index >= 15 is 0 Å². The summed E-state index contributed by atoms with van der Waals surface area (Å²) in [6.45, 7) is 1.91. The zero-order valence-corrected chi connectivity index (χ0v) is 7.50. The van der Waals surface area contributed by atoms with Crippen molar-refractivity contribution in [1.82, 2.24) is 0 Å². The number of ketones is 1. The highest BCUT2D eigenvalue weighted by molar-refractivity contribution is 5.87. The Hall–Kier alpha value is -0.860. The van der Waals surface area contributed by atoms with Crippen molar-refractivity contribution in [2.75, 3.05) is 7.11 Å². The van der Waals surface area contributed by atoms with Crippen LogP contribution in [-0.4, -0.2) is 18.9 Å². The van der Waals surface area contributed by atoms with Crippen LogP contribution in [0, 0.1) is 11.8 Å². The van der Waals surface area contributed by atoms with Crippen LogP contribution in [-0.2, 0) is 14.3 Å². The van der Waals surface area contributed by atoms with Gasteiger partial charge in [0.25, 0.3) is 0 Å². The second-order valence-electron chi connectivity index (χ2n) is 3.37. The minimum atomic E-state index is -0.241. The number of hydrogen-bond donors (Lipinski definition) is 0. The number of carbonyl (C=O) groups is 2. The van der Waals surface area contributed by atoms with Crippen molar-refractivity contribution in [3.8, 4) is 0 Å². The minimum Gasteiger partial charge on any atom is -0.469 e. The Bertz CT molecular complexity index is 196. The average molecular weight is 170 g/mol. The zero-order valence-electron chi connectivity index (χ0n) is 7.50. The number of methoxy groups -OCH3 is 1. The number of Topliss-reactive ketones (excluding diaryl/α,β-unsaturated/α-hetero) is 1. The maximum absolute atomic E-state index is 11.2. The Kier molecular flexibility index (Phi) is 2.84. The van der Waals surface area contributed by atoms with E-state index in [0.717, 1.165) is 12.8 Å². The molecule has 1 aliphatic rings. The molecule has 3 heteroatoms. The summed E-state index contributed by atoms with van der Waals surface area (Å²) in [4.78, 5) is 22.3. The number of carbonyl (C=O) groups excluding carboxylic acids is 2. The SMILES string of the molecule is COC(=O)[C@H]1CC[C@@H](C)C(=O)C1. The highest BCUT2D eigenvalue weighted by atomic mass is 16.5. The van der Waals surface area contributed by atoms with Crippen molar-refractivity contribution in [1.29, 1.82) is 0 Å². The van der Waals surface area contributed by atoms with Gasteiger partial charge in [-0.3, -0.25) is 9.59 Å². The molecule has 1 saturated carbocycles. The first-order chi connectivity index (χ1) is 5.65. The van der Waals surface area contributed by atoms with Crippen LogP contribution < -0.4 is 0 Å². The summed E-state index contributed by atoms with van der Waals surface area (Å²) in [6.07, 6.45) is 1.98. The number of hydrogen-bond acceptors (Lipinski definition) is 3. The highest BCUT2D eigenvalue weighted by Crippen LogP contribution is 2.26. The fourth-order valence-corrected chi connectivity index (χ4v) is 1.53. The van der Waals surface area contributed by atoms with Crippen molar-refractivity contribution < 1.29 is 14.3 Å². The number of ether oxygens (including phenoxy) is 1. The van der Waals surface area contributed by atoms with E-state index in [1.54, 1.807) is 0 Å². The first-order valence-electron chi connectivity index (χ1n) is 4.25. The maximum atomic E-state index is 11.2. The van der Waals surface area contributed by atoms with E-state index in [9.17, 15) is 9.59 Å². The van der Waals surface area contributed by atoms with E-state index in [2.05, 4.69) is 4.74 Å². The molecular formula is C9H14O3. The third kappa shape index (κ3) is 1.84. The largest absolute Gasteiger partial charge is 0.469 e. The van der Waals surface area contributed by atoms with Crippen molar-refractivity contribution in [3.63, 3.8) is 0 Å². The summed E-state index contributed by atoms with van der Waals surface area (Å²) in [6, 6.07) is 0. The topological polar surface area (TPSA) is 43.4 Å². The molecule has 2 atom stereocenters. The van der Waals surface area contributed by atoms with Crippen molar-refractivity contribution in [3.05, 3.63) is 0 Å². The monoisotopic (exact) mass is 170 g/mol. The first-order valence-corrected chi connectivity index (χ1v) is 4.25. The van der Waals surface area contributed by atoms with Crippen molar-refractivity contribution in [2.45, 2.75) is 26.2 Å². The molecule has 0 unspecified atom stereocenters. The quantitative estimate of drug-likeness (QED) is 0.555. The highest BCUT2D eigenvalue weighted by Gasteiger charge is 2.30. The van der Waals surface area contributed by atoms with Crippen LogP contribution in [0.25, 0.3) is 0 Å². The predicted octanol–water partition coefficient (Wildman–Crippen LogP) is 1.16. The van der Waals surface area contributed by atoms with Gasteiger partial charge in [0.05, 0.1) is 13.0 Å². The molecule has 1 aliphatic carbocycles. The van der Waals surface area contributed by atoms with Gasteiger partial charge >= 0.3 is 5.97 Å². The fraction of sp³-hybridized carbons (Fsp3) is 0.778. The molecule has 0 aliphatic heterocycles. The van der Waals surface area contributed by atoms with Crippen LogP contribution in [0.4, 0.5) is 0 Å². The van der Waals surface area contributed by atoms with Crippen LogP contribution in [0.2, 0.25) is 0 Å². The van der Waals surface area contributed by atoms with Gasteiger partial charge in [0.2, 0.25) is 0 Å². The second kappa shape index (κ2) is 3.70. The molecule has 0 bridgehead atoms. The molecule has 0 saturated heterocycles. The van der Waals surface area contributed by atoms with E-state index in [-0.39, 0.29) is 23.6 Å². The lowest BCUT2D eigenvalue weighted by molar-refractivity contribution is -0.149. The van der Waals surface area contributed by atoms with Gasteiger partial charge in [-0.05, 0) is 12.8 Å². The average Bonchev–Trinajstić information content (AvgIpc) is 2.08. The maximum Gasteiger partial charge on any atom is 0.309 e. The predicted molar refractivity (Wildman–Crippen MR) is 43.5 cm³/mol. The van der Waals surface area contributed by atoms with Gasteiger partial charge in [0.1, 0.15) is 5.78 Å². The van der Waals surface area contributed by atoms with Gasteiger partial charge in [0, 0.05) is 12.3 Å². The van der Waals surface area contributed by atoms with Crippen LogP contribution >= 0.6 is 0 Å². The second-order valence-corrected chi connectivity index (χ2v) is 3.37. The van der Waals surface area contributed by atoms with Gasteiger partial charge in [0.15, 0.2) is 0 Å². The van der Waals surface area contributed by atoms with E-state index in [4.69, 9.17) is 0 Å². The molecule has 68 valence electrons.